The van der Waals surface area contributed by atoms with Crippen LogP contribution in [0.4, 0.5) is 5.69 Å². The first-order chi connectivity index (χ1) is 14.6. The van der Waals surface area contributed by atoms with Crippen LogP contribution in [0.2, 0.25) is 0 Å². The number of nitrogens with one attached hydrogen (secondary N) is 1. The molecule has 3 rings (SSSR count). The predicted octanol–water partition coefficient (Wildman–Crippen LogP) is 4.11. The third-order valence-electron chi connectivity index (χ3n) is 4.37. The molecule has 0 spiro atoms. The zero-order valence-corrected chi connectivity index (χ0v) is 16.4. The summed E-state index contributed by atoms with van der Waals surface area (Å²) >= 11 is 0. The molecule has 0 aliphatic carbocycles. The molecule has 0 saturated carbocycles. The van der Waals surface area contributed by atoms with Crippen molar-refractivity contribution in [3.8, 4) is 6.07 Å². The third-order valence-corrected chi connectivity index (χ3v) is 4.37. The Morgan fingerprint density at radius 3 is 1.90 bits per heavy atom. The second kappa shape index (κ2) is 10.4. The Morgan fingerprint density at radius 1 is 0.900 bits per heavy atom. The molecule has 0 atom stereocenters. The number of hydrogen-bond donors (Lipinski definition) is 2. The molecular formula is C24H22N4O2. The van der Waals surface area contributed by atoms with Crippen molar-refractivity contribution in [3.63, 3.8) is 0 Å². The summed E-state index contributed by atoms with van der Waals surface area (Å²) < 4.78 is 0. The van der Waals surface area contributed by atoms with Gasteiger partial charge in [-0.15, -0.1) is 0 Å². The Labute approximate surface area is 175 Å². The van der Waals surface area contributed by atoms with Gasteiger partial charge in [-0.3, -0.25) is 4.79 Å². The number of benzene rings is 3. The number of carboxylic acid groups (broad SMARTS) is 1. The van der Waals surface area contributed by atoms with Crippen molar-refractivity contribution in [3.05, 3.63) is 102 Å². The number of aliphatic imine (C=N–C) groups is 1. The van der Waals surface area contributed by atoms with E-state index in [4.69, 9.17) is 10.4 Å². The van der Waals surface area contributed by atoms with Crippen LogP contribution < -0.4 is 5.32 Å². The summed E-state index contributed by atoms with van der Waals surface area (Å²) in [5, 5.41) is 21.4. The minimum atomic E-state index is -1.01. The molecule has 0 aromatic heterocycles. The lowest BCUT2D eigenvalue weighted by Gasteiger charge is -2.27. The summed E-state index contributed by atoms with van der Waals surface area (Å²) in [6.45, 7) is 0.758. The van der Waals surface area contributed by atoms with E-state index in [1.54, 1.807) is 24.3 Å². The number of aliphatic carboxylic acids is 1. The van der Waals surface area contributed by atoms with Gasteiger partial charge in [-0.25, -0.2) is 4.99 Å². The molecule has 6 heteroatoms. The monoisotopic (exact) mass is 398 g/mol. The lowest BCUT2D eigenvalue weighted by molar-refractivity contribution is -0.135. The first-order valence-electron chi connectivity index (χ1n) is 9.50. The lowest BCUT2D eigenvalue weighted by Crippen LogP contribution is -2.36. The van der Waals surface area contributed by atoms with Crippen LogP contribution in [0.1, 0.15) is 16.7 Å². The average molecular weight is 398 g/mol. The summed E-state index contributed by atoms with van der Waals surface area (Å²) in [7, 11) is 0. The fourth-order valence-electron chi connectivity index (χ4n) is 2.93. The zero-order chi connectivity index (χ0) is 21.2. The van der Waals surface area contributed by atoms with E-state index in [0.717, 1.165) is 16.8 Å². The number of carbonyl (C=O) groups is 1. The molecule has 0 aliphatic heterocycles. The highest BCUT2D eigenvalue weighted by Crippen LogP contribution is 2.15. The largest absolute Gasteiger partial charge is 0.480 e. The molecule has 30 heavy (non-hydrogen) atoms. The Balaban J connectivity index is 1.92. The summed E-state index contributed by atoms with van der Waals surface area (Å²) in [6.07, 6.45) is 0. The minimum Gasteiger partial charge on any atom is -0.480 e. The van der Waals surface area contributed by atoms with Crippen molar-refractivity contribution in [2.75, 3.05) is 11.9 Å². The predicted molar refractivity (Wildman–Crippen MR) is 117 cm³/mol. The second-order valence-electron chi connectivity index (χ2n) is 6.67. The van der Waals surface area contributed by atoms with E-state index in [0.29, 0.717) is 24.6 Å². The molecule has 0 unspecified atom stereocenters. The molecule has 2 N–H and O–H groups in total. The van der Waals surface area contributed by atoms with Crippen molar-refractivity contribution >= 4 is 17.6 Å². The molecule has 0 aliphatic rings. The van der Waals surface area contributed by atoms with E-state index in [9.17, 15) is 4.79 Å². The Morgan fingerprint density at radius 2 is 1.43 bits per heavy atom. The Hall–Kier alpha value is -4.11. The van der Waals surface area contributed by atoms with Crippen LogP contribution in [-0.2, 0) is 17.9 Å². The summed E-state index contributed by atoms with van der Waals surface area (Å²) in [6, 6.07) is 28.9. The van der Waals surface area contributed by atoms with Crippen molar-refractivity contribution in [1.82, 2.24) is 4.90 Å². The van der Waals surface area contributed by atoms with E-state index in [1.807, 2.05) is 65.6 Å². The Bertz CT molecular complexity index is 985. The van der Waals surface area contributed by atoms with E-state index >= 15 is 0 Å². The van der Waals surface area contributed by atoms with Gasteiger partial charge in [0.05, 0.1) is 11.6 Å². The SMILES string of the molecule is N#Cc1ccc(NC(=NCC(=O)O)N(Cc2ccccc2)Cc2ccccc2)cc1. The molecule has 150 valence electrons. The number of nitriles is 1. The minimum absolute atomic E-state index is 0.349. The Kier molecular flexibility index (Phi) is 7.17. The number of rotatable bonds is 7. The van der Waals surface area contributed by atoms with E-state index in [-0.39, 0.29) is 6.54 Å². The van der Waals surface area contributed by atoms with Gasteiger partial charge in [0.1, 0.15) is 6.54 Å². The van der Waals surface area contributed by atoms with Gasteiger partial charge in [0, 0.05) is 18.8 Å². The van der Waals surface area contributed by atoms with Crippen LogP contribution in [0.25, 0.3) is 0 Å². The highest BCUT2D eigenvalue weighted by molar-refractivity contribution is 5.94. The number of anilines is 1. The van der Waals surface area contributed by atoms with Crippen molar-refractivity contribution < 1.29 is 9.90 Å². The summed E-state index contributed by atoms with van der Waals surface area (Å²) in [5.41, 5.74) is 3.44. The molecule has 3 aromatic carbocycles. The highest BCUT2D eigenvalue weighted by Gasteiger charge is 2.14. The number of hydrogen-bond acceptors (Lipinski definition) is 3. The number of guanidine groups is 1. The van der Waals surface area contributed by atoms with Gasteiger partial charge >= 0.3 is 5.97 Å². The third kappa shape index (κ3) is 6.21. The maximum absolute atomic E-state index is 11.2. The second-order valence-corrected chi connectivity index (χ2v) is 6.67. The van der Waals surface area contributed by atoms with Gasteiger partial charge in [0.15, 0.2) is 5.96 Å². The molecule has 0 radical (unpaired) electrons. The fraction of sp³-hybridized carbons (Fsp3) is 0.125. The van der Waals surface area contributed by atoms with Gasteiger partial charge in [0.25, 0.3) is 0 Å². The molecule has 0 amide bonds. The smallest absolute Gasteiger partial charge is 0.325 e. The molecule has 0 fully saturated rings. The van der Waals surface area contributed by atoms with Crippen LogP contribution in [-0.4, -0.2) is 28.5 Å². The molecule has 3 aromatic rings. The molecule has 0 bridgehead atoms. The van der Waals surface area contributed by atoms with Crippen LogP contribution in [0, 0.1) is 11.3 Å². The van der Waals surface area contributed by atoms with E-state index in [1.165, 1.54) is 0 Å². The van der Waals surface area contributed by atoms with Gasteiger partial charge in [-0.05, 0) is 35.4 Å². The topological polar surface area (TPSA) is 88.7 Å². The van der Waals surface area contributed by atoms with E-state index in [2.05, 4.69) is 16.4 Å². The summed E-state index contributed by atoms with van der Waals surface area (Å²) in [4.78, 5) is 17.5. The van der Waals surface area contributed by atoms with Gasteiger partial charge in [-0.2, -0.15) is 5.26 Å². The molecule has 6 nitrogen and oxygen atoms in total. The molecule has 0 saturated heterocycles. The number of carboxylic acids is 1. The maximum atomic E-state index is 11.2. The van der Waals surface area contributed by atoms with Crippen molar-refractivity contribution in [1.29, 1.82) is 5.26 Å². The maximum Gasteiger partial charge on any atom is 0.325 e. The molecule has 0 heterocycles. The van der Waals surface area contributed by atoms with Crippen LogP contribution in [0.5, 0.6) is 0 Å². The average Bonchev–Trinajstić information content (AvgIpc) is 2.78. The van der Waals surface area contributed by atoms with Crippen molar-refractivity contribution in [2.45, 2.75) is 13.1 Å². The van der Waals surface area contributed by atoms with Crippen molar-refractivity contribution in [2.24, 2.45) is 4.99 Å². The lowest BCUT2D eigenvalue weighted by atomic mass is 10.1. The van der Waals surface area contributed by atoms with Gasteiger partial charge in [0.2, 0.25) is 0 Å². The number of nitrogens with zero attached hydrogens (tertiary/aromatic N) is 3. The fourth-order valence-corrected chi connectivity index (χ4v) is 2.93. The first kappa shape index (κ1) is 20.6. The van der Waals surface area contributed by atoms with Gasteiger partial charge in [-0.1, -0.05) is 60.7 Å². The van der Waals surface area contributed by atoms with Gasteiger partial charge < -0.3 is 15.3 Å². The quantitative estimate of drug-likeness (QED) is 0.462. The highest BCUT2D eigenvalue weighted by atomic mass is 16.4. The first-order valence-corrected chi connectivity index (χ1v) is 9.50. The molecular weight excluding hydrogens is 376 g/mol. The standard InChI is InChI=1S/C24H22N4O2/c25-15-19-11-13-22(14-12-19)27-24(26-16-23(29)30)28(17-20-7-3-1-4-8-20)18-21-9-5-2-6-10-21/h1-14H,16-18H2,(H,26,27)(H,29,30). The summed E-state index contributed by atoms with van der Waals surface area (Å²) in [5.74, 6) is -0.552. The normalized spacial score (nSPS) is 10.8. The van der Waals surface area contributed by atoms with Crippen LogP contribution >= 0.6 is 0 Å². The van der Waals surface area contributed by atoms with Crippen LogP contribution in [0.3, 0.4) is 0 Å². The van der Waals surface area contributed by atoms with Crippen LogP contribution in [0.15, 0.2) is 89.9 Å². The zero-order valence-electron chi connectivity index (χ0n) is 16.4. The van der Waals surface area contributed by atoms with E-state index < -0.39 is 5.97 Å².